The third kappa shape index (κ3) is 6.79. The zero-order valence-corrected chi connectivity index (χ0v) is 6.62. The molecule has 0 aromatic rings. The molecule has 64 valence electrons. The summed E-state index contributed by atoms with van der Waals surface area (Å²) in [5.74, 6) is -1.75. The molecule has 1 amide bonds. The summed E-state index contributed by atoms with van der Waals surface area (Å²) < 4.78 is 0. The van der Waals surface area contributed by atoms with Crippen molar-refractivity contribution in [2.24, 2.45) is 0 Å². The molecule has 5 nitrogen and oxygen atoms in total. The summed E-state index contributed by atoms with van der Waals surface area (Å²) in [4.78, 5) is 35.0. The lowest BCUT2D eigenvalue weighted by Gasteiger charge is -2.01. The highest BCUT2D eigenvalue weighted by Crippen LogP contribution is 1.89. The molecule has 0 aromatic heterocycles. The van der Waals surface area contributed by atoms with Gasteiger partial charge < -0.3 is 9.63 Å². The van der Waals surface area contributed by atoms with Gasteiger partial charge in [-0.3, -0.25) is 9.59 Å². The highest BCUT2D eigenvalue weighted by molar-refractivity contribution is 6.55. The van der Waals surface area contributed by atoms with Crippen molar-refractivity contribution in [2.75, 3.05) is 0 Å². The minimum atomic E-state index is -1.09. The zero-order valence-electron chi connectivity index (χ0n) is 6.62. The van der Waals surface area contributed by atoms with Crippen molar-refractivity contribution in [2.45, 2.75) is 19.8 Å². The lowest BCUT2D eigenvalue weighted by molar-refractivity contribution is -0.130. The van der Waals surface area contributed by atoms with Gasteiger partial charge in [-0.1, -0.05) is 0 Å². The Morgan fingerprint density at radius 3 is 2.33 bits per heavy atom. The first-order valence-corrected chi connectivity index (χ1v) is 3.27. The molecule has 1 N–H and O–H groups in total. The number of carbonyl (C=O) groups is 3. The summed E-state index contributed by atoms with van der Waals surface area (Å²) >= 11 is 0. The van der Waals surface area contributed by atoms with Gasteiger partial charge in [0.05, 0.1) is 0 Å². The molecule has 2 radical (unpaired) electrons. The van der Waals surface area contributed by atoms with Crippen molar-refractivity contribution in [1.82, 2.24) is 5.48 Å². The third-order valence-electron chi connectivity index (χ3n) is 0.970. The quantitative estimate of drug-likeness (QED) is 0.464. The van der Waals surface area contributed by atoms with Crippen LogP contribution in [0.25, 0.3) is 0 Å². The number of ketones is 1. The van der Waals surface area contributed by atoms with Crippen molar-refractivity contribution >= 4 is 25.4 Å². The molecule has 0 heterocycles. The number of amides is 1. The van der Waals surface area contributed by atoms with Crippen LogP contribution in [-0.2, 0) is 14.4 Å². The first kappa shape index (κ1) is 10.7. The van der Waals surface area contributed by atoms with Gasteiger partial charge in [0, 0.05) is 12.8 Å². The van der Waals surface area contributed by atoms with E-state index in [0.717, 1.165) is 0 Å². The number of hydrogen-bond acceptors (Lipinski definition) is 4. The van der Waals surface area contributed by atoms with Crippen LogP contribution in [0.5, 0.6) is 0 Å². The van der Waals surface area contributed by atoms with Crippen LogP contribution in [0, 0.1) is 0 Å². The number of hydrogen-bond donors (Lipinski definition) is 1. The fourth-order valence-corrected chi connectivity index (χ4v) is 0.448. The van der Waals surface area contributed by atoms with Crippen LogP contribution in [0.15, 0.2) is 0 Å². The topological polar surface area (TPSA) is 72.5 Å². The second-order valence-electron chi connectivity index (χ2n) is 2.15. The Morgan fingerprint density at radius 1 is 1.33 bits per heavy atom. The van der Waals surface area contributed by atoms with Gasteiger partial charge in [0.25, 0.3) is 11.8 Å². The van der Waals surface area contributed by atoms with E-state index < -0.39 is 11.8 Å². The van der Waals surface area contributed by atoms with Crippen LogP contribution in [0.4, 0.5) is 4.79 Å². The minimum Gasteiger partial charge on any atom is -0.355 e. The van der Waals surface area contributed by atoms with Crippen LogP contribution >= 0.6 is 0 Å². The first-order chi connectivity index (χ1) is 5.52. The van der Waals surface area contributed by atoms with Gasteiger partial charge in [-0.15, -0.1) is 0 Å². The fraction of sp³-hybridized carbons (Fsp3) is 0.500. The predicted molar refractivity (Wildman–Crippen MR) is 40.3 cm³/mol. The van der Waals surface area contributed by atoms with Crippen LogP contribution in [0.1, 0.15) is 19.8 Å². The molecule has 0 aromatic carbocycles. The van der Waals surface area contributed by atoms with Crippen molar-refractivity contribution < 1.29 is 19.2 Å². The number of hydroxylamine groups is 1. The van der Waals surface area contributed by atoms with E-state index in [-0.39, 0.29) is 18.6 Å². The Morgan fingerprint density at radius 2 is 1.92 bits per heavy atom. The molecule has 0 fully saturated rings. The summed E-state index contributed by atoms with van der Waals surface area (Å²) in [6.07, 6.45) is 0.108. The zero-order chi connectivity index (χ0) is 9.56. The second-order valence-corrected chi connectivity index (χ2v) is 2.15. The fourth-order valence-electron chi connectivity index (χ4n) is 0.448. The smallest absolute Gasteiger partial charge is 0.265 e. The Bertz CT molecular complexity index is 184. The van der Waals surface area contributed by atoms with Crippen molar-refractivity contribution in [3.8, 4) is 0 Å². The van der Waals surface area contributed by atoms with E-state index in [1.165, 1.54) is 6.92 Å². The molecule has 6 heteroatoms. The van der Waals surface area contributed by atoms with Crippen LogP contribution in [0.2, 0.25) is 0 Å². The molecule has 12 heavy (non-hydrogen) atoms. The molecule has 0 bridgehead atoms. The summed E-state index contributed by atoms with van der Waals surface area (Å²) in [5.41, 5.74) is 1.77. The monoisotopic (exact) mass is 169 g/mol. The molecule has 0 aliphatic carbocycles. The van der Waals surface area contributed by atoms with Gasteiger partial charge in [-0.2, -0.15) is 5.48 Å². The standard InChI is InChI=1S/C6H8BNO4/c1-4(9)2-3-5(10)8-12-6(7)11/h2-3H2,1H3,(H,8,10). The number of nitrogens with one attached hydrogen (secondary N) is 1. The van der Waals surface area contributed by atoms with Gasteiger partial charge >= 0.3 is 0 Å². The van der Waals surface area contributed by atoms with Gasteiger partial charge in [-0.05, 0) is 6.92 Å². The van der Waals surface area contributed by atoms with Gasteiger partial charge in [-0.25, -0.2) is 0 Å². The van der Waals surface area contributed by atoms with Crippen molar-refractivity contribution in [3.63, 3.8) is 0 Å². The molecule has 0 spiro atoms. The highest BCUT2D eigenvalue weighted by Gasteiger charge is 2.03. The normalized spacial score (nSPS) is 8.75. The Labute approximate surface area is 70.8 Å². The van der Waals surface area contributed by atoms with E-state index in [1.807, 2.05) is 0 Å². The molecule has 0 saturated carbocycles. The SMILES string of the molecule is [B]C(=O)ONC(=O)CCC(C)=O. The third-order valence-corrected chi connectivity index (χ3v) is 0.970. The highest BCUT2D eigenvalue weighted by atomic mass is 16.7. The van der Waals surface area contributed by atoms with E-state index in [1.54, 1.807) is 5.48 Å². The van der Waals surface area contributed by atoms with Crippen LogP contribution in [0.3, 0.4) is 0 Å². The molecule has 0 atom stereocenters. The van der Waals surface area contributed by atoms with E-state index >= 15 is 0 Å². The molecule has 0 aliphatic rings. The summed E-state index contributed by atoms with van der Waals surface area (Å²) in [6, 6.07) is 0. The van der Waals surface area contributed by atoms with Crippen LogP contribution in [-0.4, -0.2) is 25.4 Å². The maximum absolute atomic E-state index is 10.7. The minimum absolute atomic E-state index is 0.0113. The van der Waals surface area contributed by atoms with Crippen molar-refractivity contribution in [3.05, 3.63) is 0 Å². The summed E-state index contributed by atoms with van der Waals surface area (Å²) in [5, 5.41) is 0. The van der Waals surface area contributed by atoms with E-state index in [2.05, 4.69) is 12.7 Å². The largest absolute Gasteiger partial charge is 0.355 e. The van der Waals surface area contributed by atoms with Crippen LogP contribution < -0.4 is 5.48 Å². The maximum atomic E-state index is 10.7. The number of Topliss-reactive ketones (excluding diaryl/α,β-unsaturated/α-hetero) is 1. The molecule has 0 rings (SSSR count). The molecular weight excluding hydrogens is 161 g/mol. The molecule has 0 unspecified atom stereocenters. The van der Waals surface area contributed by atoms with Gasteiger partial charge in [0.1, 0.15) is 5.78 Å². The Balaban J connectivity index is 3.47. The lowest BCUT2D eigenvalue weighted by atomic mass is 10.2. The molecule has 0 saturated heterocycles. The van der Waals surface area contributed by atoms with Gasteiger partial charge in [0.15, 0.2) is 0 Å². The number of rotatable bonds is 3. The van der Waals surface area contributed by atoms with E-state index in [9.17, 15) is 14.4 Å². The van der Waals surface area contributed by atoms with E-state index in [0.29, 0.717) is 0 Å². The number of carbonyl (C=O) groups excluding carboxylic acids is 3. The first-order valence-electron chi connectivity index (χ1n) is 3.27. The average molecular weight is 169 g/mol. The summed E-state index contributed by atoms with van der Waals surface area (Å²) in [6.45, 7) is 1.36. The van der Waals surface area contributed by atoms with Gasteiger partial charge in [0.2, 0.25) is 7.85 Å². The average Bonchev–Trinajstić information content (AvgIpc) is 1.96. The Kier molecular flexibility index (Phi) is 4.75. The molecule has 0 aliphatic heterocycles. The second kappa shape index (κ2) is 5.34. The Hall–Kier alpha value is -1.33. The lowest BCUT2D eigenvalue weighted by Crippen LogP contribution is -2.26. The van der Waals surface area contributed by atoms with E-state index in [4.69, 9.17) is 0 Å². The molecular formula is C6H8BNO4. The van der Waals surface area contributed by atoms with Crippen molar-refractivity contribution in [1.29, 1.82) is 0 Å². The predicted octanol–water partition coefficient (Wildman–Crippen LogP) is -0.308. The maximum Gasteiger partial charge on any atom is 0.265 e. The summed E-state index contributed by atoms with van der Waals surface area (Å²) in [7, 11) is 4.55.